The second-order valence-electron chi connectivity index (χ2n) is 5.96. The Labute approximate surface area is 157 Å². The first-order chi connectivity index (χ1) is 12.4. The predicted molar refractivity (Wildman–Crippen MR) is 101 cm³/mol. The highest BCUT2D eigenvalue weighted by Gasteiger charge is 2.43. The second kappa shape index (κ2) is 12.6. The van der Waals surface area contributed by atoms with Crippen LogP contribution in [0.3, 0.4) is 0 Å². The molecule has 1 atom stereocenters. The van der Waals surface area contributed by atoms with Gasteiger partial charge in [0, 0.05) is 12.6 Å². The maximum Gasteiger partial charge on any atom is 0.475 e. The normalized spacial score (nSPS) is 18.2. The SMILES string of the molecule is CCOP(=O)(OCC)OC(CNC1CCCCC1)P(=O)(OCC)OCC. The molecule has 1 aliphatic carbocycles. The minimum Gasteiger partial charge on any atom is -0.311 e. The van der Waals surface area contributed by atoms with Gasteiger partial charge in [0.2, 0.25) is 0 Å². The fraction of sp³-hybridized carbons (Fsp3) is 1.00. The number of rotatable bonds is 14. The van der Waals surface area contributed by atoms with Crippen LogP contribution in [-0.2, 0) is 31.7 Å². The van der Waals surface area contributed by atoms with Crippen molar-refractivity contribution in [3.05, 3.63) is 0 Å². The van der Waals surface area contributed by atoms with Gasteiger partial charge < -0.3 is 14.4 Å². The molecule has 1 rings (SSSR count). The molecular weight excluding hydrogens is 380 g/mol. The largest absolute Gasteiger partial charge is 0.475 e. The highest BCUT2D eigenvalue weighted by molar-refractivity contribution is 7.56. The average Bonchev–Trinajstić information content (AvgIpc) is 2.60. The molecule has 0 heterocycles. The summed E-state index contributed by atoms with van der Waals surface area (Å²) in [6, 6.07) is 0.310. The van der Waals surface area contributed by atoms with Gasteiger partial charge in [0.15, 0.2) is 5.85 Å². The molecule has 1 aliphatic rings. The molecule has 156 valence electrons. The maximum atomic E-state index is 13.2. The molecule has 0 aromatic rings. The summed E-state index contributed by atoms with van der Waals surface area (Å²) >= 11 is 0. The number of phosphoric ester groups is 1. The third kappa shape index (κ3) is 8.07. The molecule has 1 N–H and O–H groups in total. The molecule has 26 heavy (non-hydrogen) atoms. The van der Waals surface area contributed by atoms with Crippen LogP contribution in [0, 0.1) is 0 Å². The lowest BCUT2D eigenvalue weighted by Crippen LogP contribution is -2.38. The van der Waals surface area contributed by atoms with E-state index in [-0.39, 0.29) is 33.0 Å². The topological polar surface area (TPSA) is 92.3 Å². The quantitative estimate of drug-likeness (QED) is 0.408. The van der Waals surface area contributed by atoms with E-state index < -0.39 is 21.3 Å². The van der Waals surface area contributed by atoms with Gasteiger partial charge in [-0.25, -0.2) is 4.57 Å². The van der Waals surface area contributed by atoms with Crippen LogP contribution in [0.15, 0.2) is 0 Å². The van der Waals surface area contributed by atoms with Crippen molar-refractivity contribution in [3.8, 4) is 0 Å². The second-order valence-corrected chi connectivity index (χ2v) is 9.76. The molecular formula is C16H35NO7P2. The van der Waals surface area contributed by atoms with Gasteiger partial charge in [0.25, 0.3) is 0 Å². The molecule has 0 bridgehead atoms. The molecule has 1 fully saturated rings. The molecule has 0 aliphatic heterocycles. The zero-order valence-electron chi connectivity index (χ0n) is 16.5. The van der Waals surface area contributed by atoms with Crippen molar-refractivity contribution in [2.75, 3.05) is 33.0 Å². The Morgan fingerprint density at radius 2 is 1.35 bits per heavy atom. The lowest BCUT2D eigenvalue weighted by Gasteiger charge is -2.31. The summed E-state index contributed by atoms with van der Waals surface area (Å²) in [7, 11) is -7.52. The molecule has 0 aromatic heterocycles. The Balaban J connectivity index is 2.93. The van der Waals surface area contributed by atoms with Crippen LogP contribution in [0.25, 0.3) is 0 Å². The van der Waals surface area contributed by atoms with Crippen LogP contribution >= 0.6 is 15.4 Å². The van der Waals surface area contributed by atoms with E-state index in [9.17, 15) is 9.13 Å². The summed E-state index contributed by atoms with van der Waals surface area (Å²) in [6.07, 6.45) is 5.66. The highest BCUT2D eigenvalue weighted by Crippen LogP contribution is 2.61. The molecule has 1 unspecified atom stereocenters. The summed E-state index contributed by atoms with van der Waals surface area (Å²) < 4.78 is 52.9. The van der Waals surface area contributed by atoms with E-state index >= 15 is 0 Å². The van der Waals surface area contributed by atoms with Crippen LogP contribution in [0.2, 0.25) is 0 Å². The van der Waals surface area contributed by atoms with Crippen LogP contribution < -0.4 is 5.32 Å². The molecule has 1 saturated carbocycles. The lowest BCUT2D eigenvalue weighted by molar-refractivity contribution is 0.0872. The van der Waals surface area contributed by atoms with Gasteiger partial charge in [-0.1, -0.05) is 19.3 Å². The molecule has 10 heteroatoms. The van der Waals surface area contributed by atoms with E-state index in [1.807, 2.05) is 0 Å². The zero-order chi connectivity index (χ0) is 19.5. The molecule has 0 aromatic carbocycles. The number of nitrogens with one attached hydrogen (secondary N) is 1. The van der Waals surface area contributed by atoms with Gasteiger partial charge in [-0.2, -0.15) is 0 Å². The van der Waals surface area contributed by atoms with Crippen molar-refractivity contribution < 1.29 is 31.7 Å². The van der Waals surface area contributed by atoms with Crippen molar-refractivity contribution in [3.63, 3.8) is 0 Å². The highest BCUT2D eigenvalue weighted by atomic mass is 31.2. The minimum atomic E-state index is -3.86. The zero-order valence-corrected chi connectivity index (χ0v) is 18.3. The van der Waals surface area contributed by atoms with Crippen molar-refractivity contribution in [2.45, 2.75) is 71.7 Å². The van der Waals surface area contributed by atoms with Gasteiger partial charge in [-0.05, 0) is 40.5 Å². The summed E-state index contributed by atoms with van der Waals surface area (Å²) in [6.45, 7) is 7.68. The van der Waals surface area contributed by atoms with Crippen molar-refractivity contribution in [2.24, 2.45) is 0 Å². The fourth-order valence-corrected chi connectivity index (χ4v) is 6.37. The van der Waals surface area contributed by atoms with Crippen LogP contribution in [0.4, 0.5) is 0 Å². The monoisotopic (exact) mass is 415 g/mol. The van der Waals surface area contributed by atoms with Crippen LogP contribution in [-0.4, -0.2) is 44.9 Å². The summed E-state index contributed by atoms with van der Waals surface area (Å²) in [4.78, 5) is 0. The summed E-state index contributed by atoms with van der Waals surface area (Å²) in [5.74, 6) is -1.08. The standard InChI is InChI=1S/C16H35NO7P2/c1-5-20-25(18,21-6-2)16(14-17-15-12-10-9-11-13-15)24-26(19,22-7-3)23-8-4/h15-17H,5-14H2,1-4H3. The molecule has 0 spiro atoms. The van der Waals surface area contributed by atoms with Crippen molar-refractivity contribution in [1.29, 1.82) is 0 Å². The van der Waals surface area contributed by atoms with Crippen molar-refractivity contribution in [1.82, 2.24) is 5.32 Å². The molecule has 0 amide bonds. The number of hydrogen-bond acceptors (Lipinski definition) is 8. The molecule has 8 nitrogen and oxygen atoms in total. The first-order valence-electron chi connectivity index (χ1n) is 9.62. The Kier molecular flexibility index (Phi) is 11.8. The first-order valence-corrected chi connectivity index (χ1v) is 12.7. The number of hydrogen-bond donors (Lipinski definition) is 1. The molecule has 0 radical (unpaired) electrons. The van der Waals surface area contributed by atoms with Crippen molar-refractivity contribution >= 4 is 15.4 Å². The van der Waals surface area contributed by atoms with Gasteiger partial charge in [-0.15, -0.1) is 0 Å². The van der Waals surface area contributed by atoms with E-state index in [0.29, 0.717) is 6.04 Å². The average molecular weight is 415 g/mol. The third-order valence-corrected chi connectivity index (χ3v) is 8.04. The van der Waals surface area contributed by atoms with E-state index in [4.69, 9.17) is 22.6 Å². The maximum absolute atomic E-state index is 13.2. The van der Waals surface area contributed by atoms with Gasteiger partial charge in [-0.3, -0.25) is 18.1 Å². The number of phosphoric acid groups is 1. The van der Waals surface area contributed by atoms with E-state index in [0.717, 1.165) is 25.7 Å². The summed E-state index contributed by atoms with van der Waals surface area (Å²) in [5, 5.41) is 3.36. The Morgan fingerprint density at radius 1 is 0.846 bits per heavy atom. The Bertz CT molecular complexity index is 452. The summed E-state index contributed by atoms with van der Waals surface area (Å²) in [5.41, 5.74) is 0. The predicted octanol–water partition coefficient (Wildman–Crippen LogP) is 4.70. The van der Waals surface area contributed by atoms with Gasteiger partial charge in [0.05, 0.1) is 26.4 Å². The van der Waals surface area contributed by atoms with Gasteiger partial charge >= 0.3 is 15.4 Å². The van der Waals surface area contributed by atoms with E-state index in [1.165, 1.54) is 6.42 Å². The Morgan fingerprint density at radius 3 is 1.81 bits per heavy atom. The first kappa shape index (κ1) is 24.3. The van der Waals surface area contributed by atoms with Crippen LogP contribution in [0.5, 0.6) is 0 Å². The lowest BCUT2D eigenvalue weighted by atomic mass is 9.96. The smallest absolute Gasteiger partial charge is 0.311 e. The minimum absolute atomic E-state index is 0.146. The van der Waals surface area contributed by atoms with Crippen LogP contribution in [0.1, 0.15) is 59.8 Å². The van der Waals surface area contributed by atoms with E-state index in [1.54, 1.807) is 27.7 Å². The van der Waals surface area contributed by atoms with Gasteiger partial charge in [0.1, 0.15) is 0 Å². The van der Waals surface area contributed by atoms with E-state index in [2.05, 4.69) is 5.32 Å². The fourth-order valence-electron chi connectivity index (χ4n) is 2.91. The Hall–Kier alpha value is 0.220. The molecule has 0 saturated heterocycles. The third-order valence-electron chi connectivity index (χ3n) is 3.98.